The van der Waals surface area contributed by atoms with Crippen LogP contribution in [-0.4, -0.2) is 78.5 Å². The minimum absolute atomic E-state index is 0.0356. The van der Waals surface area contributed by atoms with Gasteiger partial charge in [0.15, 0.2) is 0 Å². The molecule has 6 rings (SSSR count). The number of hydrogen-bond acceptors (Lipinski definition) is 7. The second kappa shape index (κ2) is 16.9. The number of amides is 1. The highest BCUT2D eigenvalue weighted by molar-refractivity contribution is 6.00. The molecule has 3 N–H and O–H groups in total. The van der Waals surface area contributed by atoms with Gasteiger partial charge in [0.1, 0.15) is 12.3 Å². The van der Waals surface area contributed by atoms with Crippen LogP contribution >= 0.6 is 0 Å². The molecule has 0 radical (unpaired) electrons. The van der Waals surface area contributed by atoms with Crippen molar-refractivity contribution in [2.75, 3.05) is 38.3 Å². The molecule has 4 aliphatic rings. The van der Waals surface area contributed by atoms with Crippen LogP contribution in [0.3, 0.4) is 0 Å². The molecule has 1 aromatic carbocycles. The van der Waals surface area contributed by atoms with E-state index in [1.807, 2.05) is 12.1 Å². The molecule has 12 heteroatoms. The first-order valence-corrected chi connectivity index (χ1v) is 17.9. The molecule has 4 fully saturated rings. The largest absolute Gasteiger partial charge is 0.497 e. The third kappa shape index (κ3) is 10.7. The zero-order valence-electron chi connectivity index (χ0n) is 28.5. The van der Waals surface area contributed by atoms with Crippen LogP contribution in [0.1, 0.15) is 105 Å². The number of benzene rings is 1. The van der Waals surface area contributed by atoms with E-state index in [0.717, 1.165) is 49.0 Å². The average molecular weight is 689 g/mol. The van der Waals surface area contributed by atoms with Crippen LogP contribution in [0, 0.1) is 11.8 Å². The third-order valence-corrected chi connectivity index (χ3v) is 10.4. The lowest BCUT2D eigenvalue weighted by molar-refractivity contribution is -0.144. The van der Waals surface area contributed by atoms with Gasteiger partial charge in [0.25, 0.3) is 5.91 Å². The van der Waals surface area contributed by atoms with Crippen LogP contribution in [0.5, 0.6) is 11.6 Å². The van der Waals surface area contributed by atoms with E-state index < -0.39 is 30.6 Å². The van der Waals surface area contributed by atoms with Crippen LogP contribution in [0.25, 0.3) is 0 Å². The number of carboxylic acid groups (broad SMARTS) is 1. The number of carbonyl (C=O) groups is 2. The minimum atomic E-state index is -4.48. The smallest absolute Gasteiger partial charge is 0.406 e. The number of carbonyl (C=O) groups excluding carboxylic acids is 1. The van der Waals surface area contributed by atoms with Crippen LogP contribution in [0.15, 0.2) is 36.5 Å². The standard InChI is InChI=1S/C32H40F3N3O5.C5H11N/c1-42-25-8-9-26(31(41)38(20-32(33,34)35)24-4-2-3-5-24)28(17-25)37-14-11-21(12-15-37)19-43-29-16-23(10-13-36-29)27(18-30(39)40)22-6-7-22;6-5-3-1-2-4-5/h8-10,13,16-17,21-22,24,27H,2-7,11-12,14-15,18-20H2,1H3,(H,39,40);5H,1-4,6H2. The first-order chi connectivity index (χ1) is 23.5. The molecule has 1 aliphatic heterocycles. The fourth-order valence-electron chi connectivity index (χ4n) is 7.49. The predicted molar refractivity (Wildman–Crippen MR) is 181 cm³/mol. The maximum absolute atomic E-state index is 13.7. The van der Waals surface area contributed by atoms with E-state index in [1.165, 1.54) is 32.8 Å². The van der Waals surface area contributed by atoms with Gasteiger partial charge in [-0.1, -0.05) is 25.7 Å². The van der Waals surface area contributed by atoms with E-state index >= 15 is 0 Å². The number of aliphatic carboxylic acids is 1. The molecule has 1 saturated heterocycles. The van der Waals surface area contributed by atoms with Crippen molar-refractivity contribution in [3.8, 4) is 11.6 Å². The molecule has 2 aromatic rings. The molecule has 270 valence electrons. The van der Waals surface area contributed by atoms with E-state index in [4.69, 9.17) is 15.2 Å². The molecule has 2 heterocycles. The summed E-state index contributed by atoms with van der Waals surface area (Å²) in [5.74, 6) is 0.201. The molecule has 1 amide bonds. The van der Waals surface area contributed by atoms with Crippen molar-refractivity contribution in [3.05, 3.63) is 47.7 Å². The zero-order chi connectivity index (χ0) is 35.0. The second-order valence-electron chi connectivity index (χ2n) is 14.1. The molecule has 1 unspecified atom stereocenters. The number of methoxy groups -OCH3 is 1. The number of nitrogens with two attached hydrogens (primary N) is 1. The second-order valence-corrected chi connectivity index (χ2v) is 14.1. The number of rotatable bonds is 12. The molecule has 1 atom stereocenters. The topological polar surface area (TPSA) is 118 Å². The summed E-state index contributed by atoms with van der Waals surface area (Å²) >= 11 is 0. The summed E-state index contributed by atoms with van der Waals surface area (Å²) in [6.45, 7) is 0.413. The van der Waals surface area contributed by atoms with Gasteiger partial charge in [-0.25, -0.2) is 4.98 Å². The summed E-state index contributed by atoms with van der Waals surface area (Å²) in [7, 11) is 1.52. The highest BCUT2D eigenvalue weighted by atomic mass is 19.4. The maximum atomic E-state index is 13.7. The van der Waals surface area contributed by atoms with Crippen molar-refractivity contribution in [3.63, 3.8) is 0 Å². The first-order valence-electron chi connectivity index (χ1n) is 17.9. The fourth-order valence-corrected chi connectivity index (χ4v) is 7.49. The van der Waals surface area contributed by atoms with Crippen molar-refractivity contribution in [2.45, 2.75) is 108 Å². The van der Waals surface area contributed by atoms with Gasteiger partial charge in [0.2, 0.25) is 5.88 Å². The van der Waals surface area contributed by atoms with E-state index in [-0.39, 0.29) is 23.8 Å². The highest BCUT2D eigenvalue weighted by Gasteiger charge is 2.39. The summed E-state index contributed by atoms with van der Waals surface area (Å²) in [4.78, 5) is 32.5. The highest BCUT2D eigenvalue weighted by Crippen LogP contribution is 2.45. The summed E-state index contributed by atoms with van der Waals surface area (Å²) in [5.41, 5.74) is 7.33. The summed E-state index contributed by atoms with van der Waals surface area (Å²) < 4.78 is 52.1. The molecule has 49 heavy (non-hydrogen) atoms. The third-order valence-electron chi connectivity index (χ3n) is 10.4. The zero-order valence-corrected chi connectivity index (χ0v) is 28.5. The van der Waals surface area contributed by atoms with Crippen LogP contribution < -0.4 is 20.1 Å². The van der Waals surface area contributed by atoms with Gasteiger partial charge in [-0.3, -0.25) is 9.59 Å². The molecule has 3 saturated carbocycles. The monoisotopic (exact) mass is 688 g/mol. The van der Waals surface area contributed by atoms with Gasteiger partial charge in [0, 0.05) is 43.5 Å². The molecule has 0 spiro atoms. The Labute approximate surface area is 287 Å². The fraction of sp³-hybridized carbons (Fsp3) is 0.649. The quantitative estimate of drug-likeness (QED) is 0.241. The Balaban J connectivity index is 0.000000704. The Hall–Kier alpha value is -3.54. The Morgan fingerprint density at radius 1 is 1.00 bits per heavy atom. The Morgan fingerprint density at radius 3 is 2.24 bits per heavy atom. The number of anilines is 1. The van der Waals surface area contributed by atoms with E-state index in [0.29, 0.717) is 61.8 Å². The molecule has 3 aliphatic carbocycles. The van der Waals surface area contributed by atoms with Gasteiger partial charge in [-0.2, -0.15) is 13.2 Å². The van der Waals surface area contributed by atoms with Crippen molar-refractivity contribution in [1.82, 2.24) is 9.88 Å². The maximum Gasteiger partial charge on any atom is 0.406 e. The average Bonchev–Trinajstić information content (AvgIpc) is 3.54. The lowest BCUT2D eigenvalue weighted by Crippen LogP contribution is -2.45. The number of halogens is 3. The number of pyridine rings is 1. The number of aromatic nitrogens is 1. The SMILES string of the molecule is COc1ccc(C(=O)N(CC(F)(F)F)C2CCCC2)c(N2CCC(COc3cc(C(CC(=O)O)C4CC4)ccn3)CC2)c1.NC1CCCC1. The van der Waals surface area contributed by atoms with Gasteiger partial charge in [0.05, 0.1) is 31.4 Å². The Bertz CT molecular complexity index is 1380. The van der Waals surface area contributed by atoms with Gasteiger partial charge in [-0.05, 0) is 92.9 Å². The van der Waals surface area contributed by atoms with E-state index in [1.54, 1.807) is 24.4 Å². The van der Waals surface area contributed by atoms with Crippen molar-refractivity contribution in [1.29, 1.82) is 0 Å². The lowest BCUT2D eigenvalue weighted by Gasteiger charge is -2.36. The number of ether oxygens (including phenoxy) is 2. The lowest BCUT2D eigenvalue weighted by atomic mass is 9.92. The van der Waals surface area contributed by atoms with Crippen molar-refractivity contribution in [2.24, 2.45) is 17.6 Å². The minimum Gasteiger partial charge on any atom is -0.497 e. The molecular formula is C37H51F3N4O5. The van der Waals surface area contributed by atoms with E-state index in [9.17, 15) is 27.9 Å². The summed E-state index contributed by atoms with van der Waals surface area (Å²) in [5, 5.41) is 9.34. The molecule has 1 aromatic heterocycles. The predicted octanol–water partition coefficient (Wildman–Crippen LogP) is 7.19. The normalized spacial score (nSPS) is 19.7. The van der Waals surface area contributed by atoms with Crippen LogP contribution in [0.2, 0.25) is 0 Å². The molecule has 0 bridgehead atoms. The summed E-state index contributed by atoms with van der Waals surface area (Å²) in [6.07, 6.45) is 8.94. The van der Waals surface area contributed by atoms with Gasteiger partial charge < -0.3 is 30.1 Å². The first kappa shape index (κ1) is 36.7. The van der Waals surface area contributed by atoms with Crippen LogP contribution in [-0.2, 0) is 4.79 Å². The molecular weight excluding hydrogens is 637 g/mol. The van der Waals surface area contributed by atoms with E-state index in [2.05, 4.69) is 9.88 Å². The van der Waals surface area contributed by atoms with Crippen molar-refractivity contribution >= 4 is 17.6 Å². The van der Waals surface area contributed by atoms with Gasteiger partial charge in [-0.15, -0.1) is 0 Å². The number of piperidine rings is 1. The summed E-state index contributed by atoms with van der Waals surface area (Å²) in [6, 6.07) is 8.81. The number of hydrogen-bond donors (Lipinski definition) is 2. The van der Waals surface area contributed by atoms with Crippen molar-refractivity contribution < 1.29 is 37.3 Å². The van der Waals surface area contributed by atoms with Crippen LogP contribution in [0.4, 0.5) is 18.9 Å². The number of nitrogens with zero attached hydrogens (tertiary/aromatic N) is 3. The molecule has 9 nitrogen and oxygen atoms in total. The number of alkyl halides is 3. The van der Waals surface area contributed by atoms with Gasteiger partial charge >= 0.3 is 12.1 Å². The Kier molecular flexibility index (Phi) is 12.7. The Morgan fingerprint density at radius 2 is 1.67 bits per heavy atom. The number of carboxylic acids is 1.